The van der Waals surface area contributed by atoms with E-state index in [9.17, 15) is 0 Å². The van der Waals surface area contributed by atoms with Crippen LogP contribution in [0.25, 0.3) is 0 Å². The van der Waals surface area contributed by atoms with Crippen molar-refractivity contribution in [2.75, 3.05) is 5.88 Å². The van der Waals surface area contributed by atoms with Crippen molar-refractivity contribution in [2.45, 2.75) is 103 Å². The minimum absolute atomic E-state index is 0.222. The number of hydrogen-bond donors (Lipinski definition) is 0. The number of rotatable bonds is 15. The van der Waals surface area contributed by atoms with E-state index in [0.29, 0.717) is 10.9 Å². The molecule has 126 valence electrons. The summed E-state index contributed by atoms with van der Waals surface area (Å²) < 4.78 is 5.50. The number of unbranched alkanes of at least 4 members (excludes halogenated alkanes) is 11. The SMILES string of the molecule is CCCCCCCCCCCCCCC(C)OC(=S)CCl. The number of alkyl halides is 1. The highest BCUT2D eigenvalue weighted by Gasteiger charge is 2.04. The van der Waals surface area contributed by atoms with Gasteiger partial charge in [-0.1, -0.05) is 77.6 Å². The minimum atomic E-state index is 0.222. The van der Waals surface area contributed by atoms with Gasteiger partial charge in [-0.05, 0) is 32.0 Å². The van der Waals surface area contributed by atoms with Crippen LogP contribution in [0.15, 0.2) is 0 Å². The Morgan fingerprint density at radius 2 is 1.29 bits per heavy atom. The van der Waals surface area contributed by atoms with Crippen molar-refractivity contribution < 1.29 is 4.74 Å². The molecule has 1 nitrogen and oxygen atoms in total. The first-order valence-electron chi connectivity index (χ1n) is 8.96. The second-order valence-corrected chi connectivity index (χ2v) is 6.83. The van der Waals surface area contributed by atoms with E-state index in [1.807, 2.05) is 0 Å². The maximum Gasteiger partial charge on any atom is 0.174 e. The smallest absolute Gasteiger partial charge is 0.174 e. The van der Waals surface area contributed by atoms with Crippen molar-refractivity contribution in [2.24, 2.45) is 0 Å². The summed E-state index contributed by atoms with van der Waals surface area (Å²) >= 11 is 10.6. The zero-order valence-electron chi connectivity index (χ0n) is 14.2. The van der Waals surface area contributed by atoms with Crippen molar-refractivity contribution in [3.63, 3.8) is 0 Å². The molecule has 0 aromatic rings. The van der Waals surface area contributed by atoms with Gasteiger partial charge in [0.25, 0.3) is 0 Å². The highest BCUT2D eigenvalue weighted by molar-refractivity contribution is 7.80. The zero-order chi connectivity index (χ0) is 15.8. The Kier molecular flexibility index (Phi) is 16.7. The molecule has 0 rings (SSSR count). The molecule has 0 aliphatic heterocycles. The first-order chi connectivity index (χ1) is 10.2. The normalized spacial score (nSPS) is 12.3. The lowest BCUT2D eigenvalue weighted by Gasteiger charge is -2.13. The molecule has 1 atom stereocenters. The lowest BCUT2D eigenvalue weighted by molar-refractivity contribution is 0.198. The molecule has 1 unspecified atom stereocenters. The van der Waals surface area contributed by atoms with Crippen molar-refractivity contribution in [1.29, 1.82) is 0 Å². The first-order valence-corrected chi connectivity index (χ1v) is 9.90. The van der Waals surface area contributed by atoms with Crippen LogP contribution in [0, 0.1) is 0 Å². The van der Waals surface area contributed by atoms with Crippen LogP contribution in [0.1, 0.15) is 97.3 Å². The van der Waals surface area contributed by atoms with Crippen LogP contribution in [0.3, 0.4) is 0 Å². The summed E-state index contributed by atoms with van der Waals surface area (Å²) in [5.74, 6) is 0.331. The van der Waals surface area contributed by atoms with Crippen LogP contribution < -0.4 is 0 Å². The Labute approximate surface area is 143 Å². The summed E-state index contributed by atoms with van der Waals surface area (Å²) in [4.78, 5) is 0. The van der Waals surface area contributed by atoms with E-state index in [1.165, 1.54) is 77.0 Å². The molecule has 21 heavy (non-hydrogen) atoms. The van der Waals surface area contributed by atoms with Gasteiger partial charge in [-0.15, -0.1) is 11.6 Å². The van der Waals surface area contributed by atoms with E-state index in [0.717, 1.165) is 6.42 Å². The second kappa shape index (κ2) is 16.5. The van der Waals surface area contributed by atoms with Crippen molar-refractivity contribution in [1.82, 2.24) is 0 Å². The molecular weight excluding hydrogens is 300 g/mol. The van der Waals surface area contributed by atoms with E-state index >= 15 is 0 Å². The molecule has 3 heteroatoms. The highest BCUT2D eigenvalue weighted by atomic mass is 35.5. The average molecular weight is 335 g/mol. The van der Waals surface area contributed by atoms with Crippen LogP contribution in [0.2, 0.25) is 0 Å². The Bertz CT molecular complexity index is 233. The zero-order valence-corrected chi connectivity index (χ0v) is 15.7. The van der Waals surface area contributed by atoms with E-state index in [1.54, 1.807) is 0 Å². The molecule has 0 saturated carbocycles. The van der Waals surface area contributed by atoms with Gasteiger partial charge in [-0.25, -0.2) is 0 Å². The van der Waals surface area contributed by atoms with Crippen LogP contribution in [0.5, 0.6) is 0 Å². The third kappa shape index (κ3) is 16.4. The fourth-order valence-electron chi connectivity index (χ4n) is 2.59. The van der Waals surface area contributed by atoms with Crippen LogP contribution in [-0.2, 0) is 4.74 Å². The summed E-state index contributed by atoms with van der Waals surface area (Å²) in [5.41, 5.74) is 0. The monoisotopic (exact) mass is 334 g/mol. The van der Waals surface area contributed by atoms with Gasteiger partial charge in [0.05, 0.1) is 12.0 Å². The van der Waals surface area contributed by atoms with E-state index in [2.05, 4.69) is 13.8 Å². The lowest BCUT2D eigenvalue weighted by Crippen LogP contribution is -2.14. The second-order valence-electron chi connectivity index (χ2n) is 6.11. The molecule has 0 N–H and O–H groups in total. The molecule has 0 heterocycles. The number of thiocarbonyl (C=S) groups is 1. The van der Waals surface area contributed by atoms with Gasteiger partial charge in [0, 0.05) is 0 Å². The predicted molar refractivity (Wildman–Crippen MR) is 99.6 cm³/mol. The van der Waals surface area contributed by atoms with Crippen molar-refractivity contribution >= 4 is 28.9 Å². The van der Waals surface area contributed by atoms with E-state index in [4.69, 9.17) is 28.6 Å². The van der Waals surface area contributed by atoms with Crippen molar-refractivity contribution in [3.8, 4) is 0 Å². The molecule has 0 amide bonds. The molecule has 0 saturated heterocycles. The maximum atomic E-state index is 5.61. The Morgan fingerprint density at radius 1 is 0.857 bits per heavy atom. The third-order valence-electron chi connectivity index (χ3n) is 3.91. The summed E-state index contributed by atoms with van der Waals surface area (Å²) in [6.07, 6.45) is 18.0. The molecule has 0 radical (unpaired) electrons. The summed E-state index contributed by atoms with van der Waals surface area (Å²) in [6, 6.07) is 0. The summed E-state index contributed by atoms with van der Waals surface area (Å²) in [5, 5.41) is 0.531. The van der Waals surface area contributed by atoms with Gasteiger partial charge in [0.15, 0.2) is 5.05 Å². The van der Waals surface area contributed by atoms with Gasteiger partial charge in [-0.2, -0.15) is 0 Å². The minimum Gasteiger partial charge on any atom is -0.483 e. The van der Waals surface area contributed by atoms with E-state index in [-0.39, 0.29) is 6.10 Å². The maximum absolute atomic E-state index is 5.61. The number of halogens is 1. The molecule has 0 bridgehead atoms. The fraction of sp³-hybridized carbons (Fsp3) is 0.944. The third-order valence-corrected chi connectivity index (χ3v) is 4.55. The average Bonchev–Trinajstić information content (AvgIpc) is 2.48. The molecule has 0 aliphatic carbocycles. The topological polar surface area (TPSA) is 9.23 Å². The standard InChI is InChI=1S/C18H35ClOS/c1-3-4-5-6-7-8-9-10-11-12-13-14-15-17(2)20-18(21)16-19/h17H,3-16H2,1-2H3. The van der Waals surface area contributed by atoms with Crippen LogP contribution in [-0.4, -0.2) is 17.0 Å². The first kappa shape index (κ1) is 21.2. The molecule has 0 spiro atoms. The molecule has 0 fully saturated rings. The molecule has 0 aromatic carbocycles. The quantitative estimate of drug-likeness (QED) is 0.180. The van der Waals surface area contributed by atoms with E-state index < -0.39 is 0 Å². The highest BCUT2D eigenvalue weighted by Crippen LogP contribution is 2.13. The fourth-order valence-corrected chi connectivity index (χ4v) is 2.81. The van der Waals surface area contributed by atoms with Crippen LogP contribution in [0.4, 0.5) is 0 Å². The lowest BCUT2D eigenvalue weighted by atomic mass is 10.0. The van der Waals surface area contributed by atoms with Gasteiger partial charge in [0.2, 0.25) is 0 Å². The van der Waals surface area contributed by atoms with Gasteiger partial charge in [0.1, 0.15) is 0 Å². The molecule has 0 aromatic heterocycles. The Morgan fingerprint density at radius 3 is 1.71 bits per heavy atom. The number of hydrogen-bond acceptors (Lipinski definition) is 2. The van der Waals surface area contributed by atoms with Crippen LogP contribution >= 0.6 is 23.8 Å². The molecule has 0 aliphatic rings. The largest absolute Gasteiger partial charge is 0.483 e. The summed E-state index contributed by atoms with van der Waals surface area (Å²) in [7, 11) is 0. The predicted octanol–water partition coefficient (Wildman–Crippen LogP) is 7.05. The molecular formula is C18H35ClOS. The van der Waals surface area contributed by atoms with Gasteiger partial charge < -0.3 is 4.74 Å². The summed E-state index contributed by atoms with van der Waals surface area (Å²) in [6.45, 7) is 4.36. The Balaban J connectivity index is 3.13. The van der Waals surface area contributed by atoms with Gasteiger partial charge >= 0.3 is 0 Å². The number of ether oxygens (including phenoxy) is 1. The van der Waals surface area contributed by atoms with Gasteiger partial charge in [-0.3, -0.25) is 0 Å². The Hall–Kier alpha value is 0.180. The van der Waals surface area contributed by atoms with Crippen molar-refractivity contribution in [3.05, 3.63) is 0 Å².